The van der Waals surface area contributed by atoms with Gasteiger partial charge in [-0.25, -0.2) is 0 Å². The van der Waals surface area contributed by atoms with E-state index in [1.165, 1.54) is 6.42 Å². The lowest BCUT2D eigenvalue weighted by molar-refractivity contribution is 0.571. The zero-order chi connectivity index (χ0) is 12.8. The summed E-state index contributed by atoms with van der Waals surface area (Å²) in [6.45, 7) is 8.97. The van der Waals surface area contributed by atoms with Crippen molar-refractivity contribution < 1.29 is 0 Å². The standard InChI is InChI=1S/C12H22ClN3S/c1-5-16-11(12(13)10(3)15-16)8-14-7-6-9(2)17-4/h9,14H,5-8H2,1-4H3. The third kappa shape index (κ3) is 4.19. The number of halogens is 1. The molecule has 17 heavy (non-hydrogen) atoms. The van der Waals surface area contributed by atoms with E-state index in [0.717, 1.165) is 36.0 Å². The second-order valence-electron chi connectivity index (χ2n) is 4.17. The van der Waals surface area contributed by atoms with Gasteiger partial charge in [-0.05, 0) is 33.1 Å². The molecule has 0 aromatic carbocycles. The average molecular weight is 276 g/mol. The van der Waals surface area contributed by atoms with Gasteiger partial charge in [0.1, 0.15) is 0 Å². The molecule has 1 atom stereocenters. The second-order valence-corrected chi connectivity index (χ2v) is 5.83. The molecule has 98 valence electrons. The molecule has 0 aliphatic carbocycles. The predicted molar refractivity (Wildman–Crippen MR) is 76.9 cm³/mol. The van der Waals surface area contributed by atoms with E-state index >= 15 is 0 Å². The fourth-order valence-corrected chi connectivity index (χ4v) is 2.22. The maximum absolute atomic E-state index is 6.23. The molecular formula is C12H22ClN3S. The number of hydrogen-bond acceptors (Lipinski definition) is 3. The van der Waals surface area contributed by atoms with Crippen LogP contribution < -0.4 is 5.32 Å². The number of aryl methyl sites for hydroxylation is 2. The molecule has 1 N–H and O–H groups in total. The highest BCUT2D eigenvalue weighted by molar-refractivity contribution is 7.99. The molecule has 1 rings (SSSR count). The van der Waals surface area contributed by atoms with Gasteiger partial charge < -0.3 is 5.32 Å². The van der Waals surface area contributed by atoms with E-state index < -0.39 is 0 Å². The lowest BCUT2D eigenvalue weighted by Crippen LogP contribution is -2.20. The molecule has 3 nitrogen and oxygen atoms in total. The molecule has 0 aliphatic rings. The second kappa shape index (κ2) is 7.29. The predicted octanol–water partition coefficient (Wildman–Crippen LogP) is 3.10. The monoisotopic (exact) mass is 275 g/mol. The van der Waals surface area contributed by atoms with Gasteiger partial charge in [0.25, 0.3) is 0 Å². The first-order chi connectivity index (χ1) is 8.10. The van der Waals surface area contributed by atoms with Gasteiger partial charge >= 0.3 is 0 Å². The third-order valence-electron chi connectivity index (χ3n) is 2.88. The van der Waals surface area contributed by atoms with Crippen LogP contribution in [-0.2, 0) is 13.1 Å². The molecule has 0 saturated carbocycles. The SMILES string of the molecule is CCn1nc(C)c(Cl)c1CNCCC(C)SC. The summed E-state index contributed by atoms with van der Waals surface area (Å²) in [7, 11) is 0. The van der Waals surface area contributed by atoms with Crippen LogP contribution in [0.4, 0.5) is 0 Å². The quantitative estimate of drug-likeness (QED) is 0.776. The largest absolute Gasteiger partial charge is 0.311 e. The lowest BCUT2D eigenvalue weighted by Gasteiger charge is -2.10. The van der Waals surface area contributed by atoms with E-state index in [4.69, 9.17) is 11.6 Å². The minimum absolute atomic E-state index is 0.704. The topological polar surface area (TPSA) is 29.9 Å². The van der Waals surface area contributed by atoms with Gasteiger partial charge in [0.05, 0.1) is 16.4 Å². The molecule has 0 bridgehead atoms. The summed E-state index contributed by atoms with van der Waals surface area (Å²) in [6.07, 6.45) is 3.33. The van der Waals surface area contributed by atoms with Crippen molar-refractivity contribution in [2.45, 2.75) is 45.5 Å². The van der Waals surface area contributed by atoms with E-state index in [9.17, 15) is 0 Å². The van der Waals surface area contributed by atoms with Crippen molar-refractivity contribution >= 4 is 23.4 Å². The van der Waals surface area contributed by atoms with Crippen molar-refractivity contribution in [2.24, 2.45) is 0 Å². The highest BCUT2D eigenvalue weighted by Gasteiger charge is 2.11. The average Bonchev–Trinajstić information content (AvgIpc) is 2.61. The third-order valence-corrected chi connectivity index (χ3v) is 4.41. The Labute approximate surface area is 113 Å². The van der Waals surface area contributed by atoms with E-state index in [0.29, 0.717) is 5.25 Å². The summed E-state index contributed by atoms with van der Waals surface area (Å²) in [5.41, 5.74) is 2.02. The van der Waals surface area contributed by atoms with Crippen molar-refractivity contribution in [3.8, 4) is 0 Å². The molecule has 0 saturated heterocycles. The number of thioether (sulfide) groups is 1. The molecule has 0 amide bonds. The highest BCUT2D eigenvalue weighted by Crippen LogP contribution is 2.20. The molecule has 1 heterocycles. The Morgan fingerprint density at radius 3 is 2.82 bits per heavy atom. The van der Waals surface area contributed by atoms with Crippen LogP contribution in [0, 0.1) is 6.92 Å². The van der Waals surface area contributed by atoms with Crippen molar-refractivity contribution in [1.82, 2.24) is 15.1 Å². The summed E-state index contributed by atoms with van der Waals surface area (Å²) in [4.78, 5) is 0. The number of hydrogen-bond donors (Lipinski definition) is 1. The summed E-state index contributed by atoms with van der Waals surface area (Å²) in [6, 6.07) is 0. The number of nitrogens with zero attached hydrogens (tertiary/aromatic N) is 2. The van der Waals surface area contributed by atoms with Gasteiger partial charge in [-0.15, -0.1) is 0 Å². The van der Waals surface area contributed by atoms with Gasteiger partial charge in [-0.2, -0.15) is 16.9 Å². The minimum Gasteiger partial charge on any atom is -0.311 e. The first kappa shape index (κ1) is 14.9. The minimum atomic E-state index is 0.704. The Balaban J connectivity index is 2.46. The zero-order valence-electron chi connectivity index (χ0n) is 11.1. The van der Waals surface area contributed by atoms with Gasteiger partial charge in [0.15, 0.2) is 0 Å². The Morgan fingerprint density at radius 1 is 1.53 bits per heavy atom. The van der Waals surface area contributed by atoms with Crippen LogP contribution in [0.15, 0.2) is 0 Å². The molecule has 0 aliphatic heterocycles. The van der Waals surface area contributed by atoms with E-state index in [2.05, 4.69) is 30.5 Å². The van der Waals surface area contributed by atoms with E-state index in [1.54, 1.807) is 0 Å². The van der Waals surface area contributed by atoms with Crippen LogP contribution >= 0.6 is 23.4 Å². The smallest absolute Gasteiger partial charge is 0.0860 e. The molecule has 1 aromatic heterocycles. The van der Waals surface area contributed by atoms with E-state index in [1.807, 2.05) is 23.4 Å². The number of nitrogens with one attached hydrogen (secondary N) is 1. The molecule has 0 radical (unpaired) electrons. The van der Waals surface area contributed by atoms with Gasteiger partial charge in [-0.1, -0.05) is 18.5 Å². The first-order valence-corrected chi connectivity index (χ1v) is 7.72. The molecule has 1 aromatic rings. The normalized spacial score (nSPS) is 13.0. The van der Waals surface area contributed by atoms with Crippen molar-refractivity contribution in [2.75, 3.05) is 12.8 Å². The van der Waals surface area contributed by atoms with Crippen LogP contribution in [0.5, 0.6) is 0 Å². The zero-order valence-corrected chi connectivity index (χ0v) is 12.7. The fraction of sp³-hybridized carbons (Fsp3) is 0.750. The van der Waals surface area contributed by atoms with Gasteiger partial charge in [0, 0.05) is 18.3 Å². The van der Waals surface area contributed by atoms with Crippen LogP contribution in [0.1, 0.15) is 31.7 Å². The summed E-state index contributed by atoms with van der Waals surface area (Å²) < 4.78 is 1.97. The van der Waals surface area contributed by atoms with Gasteiger partial charge in [0.2, 0.25) is 0 Å². The summed E-state index contributed by atoms with van der Waals surface area (Å²) in [5.74, 6) is 0. The van der Waals surface area contributed by atoms with Crippen molar-refractivity contribution in [1.29, 1.82) is 0 Å². The van der Waals surface area contributed by atoms with Crippen LogP contribution in [0.3, 0.4) is 0 Å². The van der Waals surface area contributed by atoms with Crippen LogP contribution in [0.2, 0.25) is 5.02 Å². The molecule has 0 spiro atoms. The van der Waals surface area contributed by atoms with Crippen LogP contribution in [-0.4, -0.2) is 27.8 Å². The Hall–Kier alpha value is -0.190. The Kier molecular flexibility index (Phi) is 6.38. The first-order valence-electron chi connectivity index (χ1n) is 6.05. The fourth-order valence-electron chi connectivity index (χ4n) is 1.67. The van der Waals surface area contributed by atoms with Crippen molar-refractivity contribution in [3.63, 3.8) is 0 Å². The molecule has 1 unspecified atom stereocenters. The summed E-state index contributed by atoms with van der Waals surface area (Å²) in [5, 5.41) is 9.34. The van der Waals surface area contributed by atoms with Crippen molar-refractivity contribution in [3.05, 3.63) is 16.4 Å². The maximum atomic E-state index is 6.23. The van der Waals surface area contributed by atoms with Gasteiger partial charge in [-0.3, -0.25) is 4.68 Å². The molecule has 0 fully saturated rings. The Morgan fingerprint density at radius 2 is 2.24 bits per heavy atom. The van der Waals surface area contributed by atoms with Crippen LogP contribution in [0.25, 0.3) is 0 Å². The van der Waals surface area contributed by atoms with E-state index in [-0.39, 0.29) is 0 Å². The lowest BCUT2D eigenvalue weighted by atomic mass is 10.3. The summed E-state index contributed by atoms with van der Waals surface area (Å²) >= 11 is 8.14. The molecule has 5 heteroatoms. The highest BCUT2D eigenvalue weighted by atomic mass is 35.5. The Bertz CT molecular complexity index is 352. The molecular weight excluding hydrogens is 254 g/mol. The maximum Gasteiger partial charge on any atom is 0.0860 e. The number of aromatic nitrogens is 2. The number of rotatable bonds is 7.